The van der Waals surface area contributed by atoms with Crippen molar-refractivity contribution in [1.82, 2.24) is 15.5 Å². The Hall–Kier alpha value is -2.87. The van der Waals surface area contributed by atoms with Crippen LogP contribution in [-0.2, 0) is 11.0 Å². The first-order valence-corrected chi connectivity index (χ1v) is 13.3. The van der Waals surface area contributed by atoms with E-state index in [1.54, 1.807) is 0 Å². The van der Waals surface area contributed by atoms with Crippen LogP contribution in [0.1, 0.15) is 78.8 Å². The van der Waals surface area contributed by atoms with Gasteiger partial charge in [0.2, 0.25) is 5.91 Å². The maximum absolute atomic E-state index is 12.9. The lowest BCUT2D eigenvalue weighted by molar-refractivity contribution is -0.137. The molecule has 2 aromatic rings. The summed E-state index contributed by atoms with van der Waals surface area (Å²) in [6.45, 7) is 1.36. The summed E-state index contributed by atoms with van der Waals surface area (Å²) in [6, 6.07) is 15.7. The molecule has 1 atom stereocenters. The molecule has 1 saturated heterocycles. The van der Waals surface area contributed by atoms with Crippen LogP contribution >= 0.6 is 0 Å². The average molecular weight is 516 g/mol. The molecule has 0 radical (unpaired) electrons. The highest BCUT2D eigenvalue weighted by Gasteiger charge is 2.31. The predicted molar refractivity (Wildman–Crippen MR) is 137 cm³/mol. The van der Waals surface area contributed by atoms with E-state index in [0.29, 0.717) is 18.5 Å². The first kappa shape index (κ1) is 27.2. The van der Waals surface area contributed by atoms with Crippen molar-refractivity contribution in [2.75, 3.05) is 19.6 Å². The third kappa shape index (κ3) is 7.57. The molecule has 1 aliphatic carbocycles. The fraction of sp³-hybridized carbons (Fsp3) is 0.517. The zero-order chi connectivity index (χ0) is 26.3. The smallest absolute Gasteiger partial charge is 0.343 e. The minimum atomic E-state index is -4.52. The number of likely N-dealkylation sites (tertiary alicyclic amines) is 1. The Labute approximate surface area is 216 Å². The van der Waals surface area contributed by atoms with Crippen LogP contribution in [0.4, 0.5) is 13.2 Å². The van der Waals surface area contributed by atoms with Crippen LogP contribution in [0.25, 0.3) is 0 Å². The maximum Gasteiger partial charge on any atom is 0.416 e. The lowest BCUT2D eigenvalue weighted by Crippen LogP contribution is -2.43. The molecule has 0 aromatic heterocycles. The summed E-state index contributed by atoms with van der Waals surface area (Å²) in [5.74, 6) is -0.206. The normalized spacial score (nSPS) is 22.1. The summed E-state index contributed by atoms with van der Waals surface area (Å²) < 4.78 is 38.7. The van der Waals surface area contributed by atoms with Crippen molar-refractivity contribution >= 4 is 11.8 Å². The number of carbonyl (C=O) groups is 2. The molecule has 0 unspecified atom stereocenters. The van der Waals surface area contributed by atoms with Crippen LogP contribution in [0, 0.1) is 0 Å². The number of halogens is 3. The van der Waals surface area contributed by atoms with Gasteiger partial charge < -0.3 is 15.5 Å². The quantitative estimate of drug-likeness (QED) is 0.432. The van der Waals surface area contributed by atoms with Crippen LogP contribution in [0.15, 0.2) is 54.6 Å². The fourth-order valence-corrected chi connectivity index (χ4v) is 5.66. The lowest BCUT2D eigenvalue weighted by Gasteiger charge is -2.30. The molecule has 2 fully saturated rings. The molecule has 2 amide bonds. The maximum atomic E-state index is 12.9. The van der Waals surface area contributed by atoms with Gasteiger partial charge in [-0.25, -0.2) is 0 Å². The average Bonchev–Trinajstić information content (AvgIpc) is 3.39. The highest BCUT2D eigenvalue weighted by Crippen LogP contribution is 2.33. The molecule has 8 heteroatoms. The molecule has 37 heavy (non-hydrogen) atoms. The molecule has 2 aromatic carbocycles. The minimum Gasteiger partial charge on any atom is -0.343 e. The zero-order valence-electron chi connectivity index (χ0n) is 21.1. The van der Waals surface area contributed by atoms with Gasteiger partial charge in [0, 0.05) is 24.2 Å². The molecule has 2 N–H and O–H groups in total. The Kier molecular flexibility index (Phi) is 9.24. The monoisotopic (exact) mass is 515 g/mol. The van der Waals surface area contributed by atoms with Crippen molar-refractivity contribution in [2.45, 2.75) is 75.5 Å². The van der Waals surface area contributed by atoms with Gasteiger partial charge in [-0.05, 0) is 87.6 Å². The Bertz CT molecular complexity index is 1040. The van der Waals surface area contributed by atoms with Crippen LogP contribution in [-0.4, -0.2) is 48.4 Å². The van der Waals surface area contributed by atoms with E-state index in [9.17, 15) is 22.8 Å². The van der Waals surface area contributed by atoms with Gasteiger partial charge in [0.1, 0.15) is 0 Å². The number of amides is 2. The van der Waals surface area contributed by atoms with Crippen molar-refractivity contribution in [2.24, 2.45) is 0 Å². The second-order valence-corrected chi connectivity index (χ2v) is 10.2. The minimum absolute atomic E-state index is 0.107. The fourth-order valence-electron chi connectivity index (χ4n) is 5.66. The summed E-state index contributed by atoms with van der Waals surface area (Å²) >= 11 is 0. The predicted octanol–water partition coefficient (Wildman–Crippen LogP) is 5.52. The topological polar surface area (TPSA) is 61.4 Å². The van der Waals surface area contributed by atoms with E-state index in [1.165, 1.54) is 43.4 Å². The van der Waals surface area contributed by atoms with Crippen LogP contribution in [0.2, 0.25) is 0 Å². The van der Waals surface area contributed by atoms with Gasteiger partial charge in [-0.3, -0.25) is 9.59 Å². The number of nitrogens with one attached hydrogen (secondary N) is 2. The van der Waals surface area contributed by atoms with Crippen molar-refractivity contribution in [1.29, 1.82) is 0 Å². The van der Waals surface area contributed by atoms with E-state index in [2.05, 4.69) is 41.0 Å². The second kappa shape index (κ2) is 12.6. The molecule has 0 spiro atoms. The molecular weight excluding hydrogens is 479 g/mol. The summed E-state index contributed by atoms with van der Waals surface area (Å²) in [5, 5.41) is 6.19. The zero-order valence-corrected chi connectivity index (χ0v) is 21.1. The van der Waals surface area contributed by atoms with Crippen LogP contribution in [0.3, 0.4) is 0 Å². The lowest BCUT2D eigenvalue weighted by atomic mass is 9.82. The molecule has 0 bridgehead atoms. The molecular formula is C29H36F3N3O2. The van der Waals surface area contributed by atoms with Gasteiger partial charge in [0.05, 0.1) is 12.1 Å². The highest BCUT2D eigenvalue weighted by molar-refractivity contribution is 5.96. The number of benzene rings is 2. The number of alkyl halides is 3. The molecule has 5 nitrogen and oxygen atoms in total. The number of carbonyl (C=O) groups excluding carboxylic acids is 2. The van der Waals surface area contributed by atoms with E-state index in [0.717, 1.165) is 44.4 Å². The van der Waals surface area contributed by atoms with Gasteiger partial charge in [0.25, 0.3) is 5.91 Å². The summed E-state index contributed by atoms with van der Waals surface area (Å²) in [7, 11) is 0. The SMILES string of the molecule is O=C(NCC(=O)N1CCC[C@H]1CCCNC1CCC(c2ccccc2)CC1)c1cccc(C(F)(F)F)c1. The number of hydrogen-bond acceptors (Lipinski definition) is 3. The summed E-state index contributed by atoms with van der Waals surface area (Å²) in [5.41, 5.74) is 0.450. The van der Waals surface area contributed by atoms with E-state index in [1.807, 2.05) is 4.90 Å². The third-order valence-electron chi connectivity index (χ3n) is 7.70. The highest BCUT2D eigenvalue weighted by atomic mass is 19.4. The third-order valence-corrected chi connectivity index (χ3v) is 7.70. The number of nitrogens with zero attached hydrogens (tertiary/aromatic N) is 1. The first-order chi connectivity index (χ1) is 17.8. The standard InChI is InChI=1S/C29H36F3N3O2/c30-29(31,32)24-10-4-9-23(19-24)28(37)34-20-27(36)35-18-6-12-26(35)11-5-17-33-25-15-13-22(14-16-25)21-7-2-1-3-8-21/h1-4,7-10,19,22,25-26,33H,5-6,11-18,20H2,(H,34,37)/t22?,25?,26-/m1/s1. The molecule has 2 aliphatic rings. The first-order valence-electron chi connectivity index (χ1n) is 13.3. The Morgan fingerprint density at radius 3 is 2.43 bits per heavy atom. The van der Waals surface area contributed by atoms with E-state index in [-0.39, 0.29) is 24.1 Å². The van der Waals surface area contributed by atoms with E-state index < -0.39 is 17.6 Å². The number of rotatable bonds is 9. The number of hydrogen-bond donors (Lipinski definition) is 2. The molecule has 1 aliphatic heterocycles. The van der Waals surface area contributed by atoms with Gasteiger partial charge >= 0.3 is 6.18 Å². The van der Waals surface area contributed by atoms with Crippen molar-refractivity contribution < 1.29 is 22.8 Å². The van der Waals surface area contributed by atoms with Crippen molar-refractivity contribution in [3.8, 4) is 0 Å². The van der Waals surface area contributed by atoms with E-state index in [4.69, 9.17) is 0 Å². The molecule has 1 heterocycles. The Morgan fingerprint density at radius 2 is 1.70 bits per heavy atom. The van der Waals surface area contributed by atoms with Crippen molar-refractivity contribution in [3.05, 3.63) is 71.3 Å². The van der Waals surface area contributed by atoms with Crippen LogP contribution in [0.5, 0.6) is 0 Å². The van der Waals surface area contributed by atoms with Gasteiger partial charge in [-0.15, -0.1) is 0 Å². The second-order valence-electron chi connectivity index (χ2n) is 10.2. The van der Waals surface area contributed by atoms with Crippen LogP contribution < -0.4 is 10.6 Å². The van der Waals surface area contributed by atoms with Crippen molar-refractivity contribution in [3.63, 3.8) is 0 Å². The Morgan fingerprint density at radius 1 is 0.946 bits per heavy atom. The Balaban J connectivity index is 1.15. The molecule has 1 saturated carbocycles. The van der Waals surface area contributed by atoms with Gasteiger partial charge in [0.15, 0.2) is 0 Å². The largest absolute Gasteiger partial charge is 0.416 e. The van der Waals surface area contributed by atoms with Gasteiger partial charge in [-0.1, -0.05) is 36.4 Å². The summed E-state index contributed by atoms with van der Waals surface area (Å²) in [6.07, 6.45) is 4.00. The summed E-state index contributed by atoms with van der Waals surface area (Å²) in [4.78, 5) is 26.9. The molecule has 4 rings (SSSR count). The van der Waals surface area contributed by atoms with Gasteiger partial charge in [-0.2, -0.15) is 13.2 Å². The molecule has 200 valence electrons. The van der Waals surface area contributed by atoms with E-state index >= 15 is 0 Å².